The van der Waals surface area contributed by atoms with Gasteiger partial charge in [0.05, 0.1) is 0 Å². The zero-order valence-corrected chi connectivity index (χ0v) is 21.2. The van der Waals surface area contributed by atoms with Crippen LogP contribution in [0.15, 0.2) is 24.5 Å². The summed E-state index contributed by atoms with van der Waals surface area (Å²) in [6.45, 7) is 2.40. The second kappa shape index (κ2) is 10.6. The van der Waals surface area contributed by atoms with Crippen molar-refractivity contribution in [3.63, 3.8) is 0 Å². The maximum Gasteiger partial charge on any atom is 0.324 e. The van der Waals surface area contributed by atoms with Gasteiger partial charge in [0.25, 0.3) is 0 Å². The van der Waals surface area contributed by atoms with E-state index in [9.17, 15) is 14.7 Å². The number of pyridine rings is 1. The van der Waals surface area contributed by atoms with Gasteiger partial charge in [0.15, 0.2) is 0 Å². The molecule has 35 heavy (non-hydrogen) atoms. The first-order valence-corrected chi connectivity index (χ1v) is 14.1. The van der Waals surface area contributed by atoms with Crippen LogP contribution in [0, 0.1) is 23.2 Å². The third-order valence-corrected chi connectivity index (χ3v) is 9.83. The van der Waals surface area contributed by atoms with Gasteiger partial charge in [-0.15, -0.1) is 0 Å². The highest BCUT2D eigenvalue weighted by Gasteiger charge is 2.50. The summed E-state index contributed by atoms with van der Waals surface area (Å²) in [5.41, 5.74) is 0.927. The van der Waals surface area contributed by atoms with E-state index in [2.05, 4.69) is 15.2 Å². The molecule has 1 saturated heterocycles. The first-order valence-electron chi connectivity index (χ1n) is 14.1. The first kappa shape index (κ1) is 24.7. The van der Waals surface area contributed by atoms with E-state index in [1.807, 2.05) is 12.1 Å². The molecule has 4 saturated carbocycles. The van der Waals surface area contributed by atoms with Gasteiger partial charge >= 0.3 is 5.97 Å². The van der Waals surface area contributed by atoms with Crippen molar-refractivity contribution in [3.05, 3.63) is 30.1 Å². The number of rotatable bonds is 12. The number of aliphatic carboxylic acids is 1. The molecule has 1 aliphatic heterocycles. The Kier molecular flexibility index (Phi) is 7.47. The molecule has 192 valence electrons. The van der Waals surface area contributed by atoms with Crippen molar-refractivity contribution in [1.29, 1.82) is 0 Å². The first-order chi connectivity index (χ1) is 17.0. The van der Waals surface area contributed by atoms with E-state index in [0.717, 1.165) is 69.5 Å². The Morgan fingerprint density at radius 1 is 1.03 bits per heavy atom. The van der Waals surface area contributed by atoms with Crippen molar-refractivity contribution in [3.8, 4) is 0 Å². The van der Waals surface area contributed by atoms with E-state index in [1.54, 1.807) is 12.4 Å². The van der Waals surface area contributed by atoms with Crippen LogP contribution < -0.4 is 5.32 Å². The molecule has 6 heteroatoms. The van der Waals surface area contributed by atoms with Crippen LogP contribution in [0.5, 0.6) is 0 Å². The van der Waals surface area contributed by atoms with Crippen molar-refractivity contribution in [2.45, 2.75) is 95.4 Å². The lowest BCUT2D eigenvalue weighted by Crippen LogP contribution is -2.51. The van der Waals surface area contributed by atoms with E-state index in [1.165, 1.54) is 44.1 Å². The molecule has 1 amide bonds. The van der Waals surface area contributed by atoms with Gasteiger partial charge in [-0.3, -0.25) is 19.5 Å². The summed E-state index contributed by atoms with van der Waals surface area (Å²) in [5.74, 6) is 2.31. The summed E-state index contributed by atoms with van der Waals surface area (Å²) in [7, 11) is 0. The molecule has 6 rings (SSSR count). The number of hydrogen-bond donors (Lipinski definition) is 2. The fourth-order valence-electron chi connectivity index (χ4n) is 8.56. The molecule has 1 aromatic heterocycles. The normalized spacial score (nSPS) is 33.8. The molecule has 4 aliphatic carbocycles. The van der Waals surface area contributed by atoms with Crippen LogP contribution in [-0.4, -0.2) is 52.0 Å². The van der Waals surface area contributed by atoms with Gasteiger partial charge < -0.3 is 10.4 Å². The van der Waals surface area contributed by atoms with E-state index in [4.69, 9.17) is 0 Å². The molecule has 0 aromatic carbocycles. The molecule has 0 radical (unpaired) electrons. The molecular weight excluding hydrogens is 438 g/mol. The third-order valence-electron chi connectivity index (χ3n) is 9.83. The van der Waals surface area contributed by atoms with Crippen molar-refractivity contribution in [2.75, 3.05) is 19.6 Å². The Hall–Kier alpha value is -1.95. The van der Waals surface area contributed by atoms with E-state index in [-0.39, 0.29) is 5.91 Å². The lowest BCUT2D eigenvalue weighted by atomic mass is 9.49. The number of carboxylic acids is 1. The minimum absolute atomic E-state index is 0.139. The Bertz CT molecular complexity index is 853. The number of nitrogens with zero attached hydrogens (tertiary/aromatic N) is 2. The Balaban J connectivity index is 1.03. The number of hydrogen-bond acceptors (Lipinski definition) is 4. The number of carbonyl (C=O) groups excluding carboxylic acids is 1. The number of nitrogens with one attached hydrogen (secondary N) is 1. The van der Waals surface area contributed by atoms with E-state index < -0.39 is 11.5 Å². The Labute approximate surface area is 210 Å². The van der Waals surface area contributed by atoms with Crippen molar-refractivity contribution in [1.82, 2.24) is 15.2 Å². The minimum Gasteiger partial charge on any atom is -0.480 e. The fourth-order valence-corrected chi connectivity index (χ4v) is 8.56. The minimum atomic E-state index is -0.776. The number of carbonyl (C=O) groups is 2. The van der Waals surface area contributed by atoms with Crippen molar-refractivity contribution >= 4 is 11.9 Å². The quantitative estimate of drug-likeness (QED) is 0.418. The summed E-state index contributed by atoms with van der Waals surface area (Å²) in [6, 6.07) is 4.00. The molecule has 0 unspecified atom stereocenters. The van der Waals surface area contributed by atoms with Gasteiger partial charge in [0, 0.05) is 31.9 Å². The van der Waals surface area contributed by atoms with Crippen LogP contribution in [0.4, 0.5) is 0 Å². The SMILES string of the molecule is O=C(CCCC[C@@]1(C(=O)O)CCCN1CCc1ccncc1)NCCC12CC3CC(CC(C3)C1)C2. The maximum atomic E-state index is 12.5. The molecule has 4 bridgehead atoms. The van der Waals surface area contributed by atoms with Crippen LogP contribution >= 0.6 is 0 Å². The van der Waals surface area contributed by atoms with Gasteiger partial charge in [-0.2, -0.15) is 0 Å². The Morgan fingerprint density at radius 2 is 1.71 bits per heavy atom. The lowest BCUT2D eigenvalue weighted by Gasteiger charge is -2.57. The topological polar surface area (TPSA) is 82.5 Å². The van der Waals surface area contributed by atoms with E-state index in [0.29, 0.717) is 24.7 Å². The number of carboxylic acid groups (broad SMARTS) is 1. The summed E-state index contributed by atoms with van der Waals surface area (Å²) in [4.78, 5) is 31.1. The highest BCUT2D eigenvalue weighted by molar-refractivity contribution is 5.79. The third kappa shape index (κ3) is 5.58. The summed E-state index contributed by atoms with van der Waals surface area (Å²) in [6.07, 6.45) is 18.4. The van der Waals surface area contributed by atoms with Crippen LogP contribution in [-0.2, 0) is 16.0 Å². The fraction of sp³-hybridized carbons (Fsp3) is 0.759. The highest BCUT2D eigenvalue weighted by atomic mass is 16.4. The molecule has 2 heterocycles. The second-order valence-corrected chi connectivity index (χ2v) is 12.3. The predicted molar refractivity (Wildman–Crippen MR) is 136 cm³/mol. The van der Waals surface area contributed by atoms with Gasteiger partial charge in [-0.1, -0.05) is 6.42 Å². The lowest BCUT2D eigenvalue weighted by molar-refractivity contribution is -0.150. The van der Waals surface area contributed by atoms with Crippen molar-refractivity contribution in [2.24, 2.45) is 23.2 Å². The molecule has 2 N–H and O–H groups in total. The average molecular weight is 482 g/mol. The summed E-state index contributed by atoms with van der Waals surface area (Å²) < 4.78 is 0. The van der Waals surface area contributed by atoms with Gasteiger partial charge in [-0.25, -0.2) is 0 Å². The number of unbranched alkanes of at least 4 members (excludes halogenated alkanes) is 1. The van der Waals surface area contributed by atoms with E-state index >= 15 is 0 Å². The molecule has 5 fully saturated rings. The zero-order chi connectivity index (χ0) is 24.3. The number of amides is 1. The smallest absolute Gasteiger partial charge is 0.324 e. The molecule has 1 aromatic rings. The summed E-state index contributed by atoms with van der Waals surface area (Å²) >= 11 is 0. The molecule has 6 nitrogen and oxygen atoms in total. The van der Waals surface area contributed by atoms with Crippen molar-refractivity contribution < 1.29 is 14.7 Å². The second-order valence-electron chi connectivity index (χ2n) is 12.3. The molecular formula is C29H43N3O3. The molecule has 5 aliphatic rings. The van der Waals surface area contributed by atoms with Crippen LogP contribution in [0.2, 0.25) is 0 Å². The van der Waals surface area contributed by atoms with Gasteiger partial charge in [0.1, 0.15) is 5.54 Å². The van der Waals surface area contributed by atoms with Gasteiger partial charge in [0.2, 0.25) is 5.91 Å². The monoisotopic (exact) mass is 481 g/mol. The van der Waals surface area contributed by atoms with Crippen LogP contribution in [0.1, 0.15) is 89.0 Å². The zero-order valence-electron chi connectivity index (χ0n) is 21.2. The Morgan fingerprint density at radius 3 is 2.37 bits per heavy atom. The summed E-state index contributed by atoms with van der Waals surface area (Å²) in [5, 5.41) is 13.3. The maximum absolute atomic E-state index is 12.5. The average Bonchev–Trinajstić information content (AvgIpc) is 3.24. The predicted octanol–water partition coefficient (Wildman–Crippen LogP) is 4.83. The highest BCUT2D eigenvalue weighted by Crippen LogP contribution is 2.61. The largest absolute Gasteiger partial charge is 0.480 e. The van der Waals surface area contributed by atoms with Crippen LogP contribution in [0.25, 0.3) is 0 Å². The molecule has 1 atom stereocenters. The van der Waals surface area contributed by atoms with Gasteiger partial charge in [-0.05, 0) is 124 Å². The standard InChI is InChI=1S/C29H43N3O3/c33-26(31-13-10-28-19-23-16-24(20-28)18-25(17-23)21-28)4-1-2-8-29(27(34)35)9-3-14-32(29)15-7-22-5-11-30-12-6-22/h5-6,11-12,23-25H,1-4,7-10,13-21H2,(H,31,33)(H,34,35)/t23?,24?,25?,28?,29-/m0/s1. The molecule has 0 spiro atoms. The number of likely N-dealkylation sites (tertiary alicyclic amines) is 1. The number of aromatic nitrogens is 1. The van der Waals surface area contributed by atoms with Crippen LogP contribution in [0.3, 0.4) is 0 Å².